The number of rotatable bonds is 2. The van der Waals surface area contributed by atoms with Gasteiger partial charge in [0, 0.05) is 4.88 Å². The average Bonchev–Trinajstić information content (AvgIpc) is 2.32. The zero-order valence-electron chi connectivity index (χ0n) is 6.05. The van der Waals surface area contributed by atoms with E-state index in [4.69, 9.17) is 22.2 Å². The first-order chi connectivity index (χ1) is 5.08. The molecule has 1 aromatic heterocycles. The predicted octanol–water partition coefficient (Wildman–Crippen LogP) is 3.85. The molecule has 0 saturated heterocycles. The van der Waals surface area contributed by atoms with Crippen LogP contribution >= 0.6 is 33.5 Å². The van der Waals surface area contributed by atoms with Gasteiger partial charge in [-0.2, -0.15) is 0 Å². The highest BCUT2D eigenvalue weighted by atomic mass is 35.7. The van der Waals surface area contributed by atoms with Crippen molar-refractivity contribution in [2.24, 2.45) is 0 Å². The minimum atomic E-state index is -2.04. The molecule has 1 rings (SSSR count). The summed E-state index contributed by atoms with van der Waals surface area (Å²) in [5.74, 6) is 0. The molecule has 0 fully saturated rings. The lowest BCUT2D eigenvalue weighted by Crippen LogP contribution is -2.06. The molecule has 0 radical (unpaired) electrons. The summed E-state index contributed by atoms with van der Waals surface area (Å²) in [6.07, 6.45) is 1.98. The van der Waals surface area contributed by atoms with Gasteiger partial charge in [-0.3, -0.25) is 0 Å². The Kier molecular flexibility index (Phi) is 3.19. The number of halogens is 2. The molecule has 0 nitrogen and oxygen atoms in total. The standard InChI is InChI=1S/C7H8Cl2SSi/c1-11(8,9)6-4-7-3-2-5-10-7/h2-6H,1H3/b6-4+. The molecule has 4 heteroatoms. The fourth-order valence-electron chi connectivity index (χ4n) is 0.615. The van der Waals surface area contributed by atoms with E-state index in [1.807, 2.05) is 35.8 Å². The van der Waals surface area contributed by atoms with E-state index in [1.165, 1.54) is 4.88 Å². The first kappa shape index (κ1) is 9.33. The number of hydrogen-bond donors (Lipinski definition) is 0. The summed E-state index contributed by atoms with van der Waals surface area (Å²) in [6, 6.07) is 4.04. The Balaban J connectivity index is 2.63. The predicted molar refractivity (Wildman–Crippen MR) is 56.7 cm³/mol. The zero-order chi connectivity index (χ0) is 8.32. The molecular formula is C7H8Cl2SSi. The van der Waals surface area contributed by atoms with Gasteiger partial charge in [-0.05, 0) is 18.0 Å². The molecular weight excluding hydrogens is 215 g/mol. The van der Waals surface area contributed by atoms with Crippen LogP contribution in [0.15, 0.2) is 23.2 Å². The van der Waals surface area contributed by atoms with Crippen molar-refractivity contribution < 1.29 is 0 Å². The Labute approximate surface area is 80.9 Å². The van der Waals surface area contributed by atoms with Crippen molar-refractivity contribution >= 4 is 46.3 Å². The lowest BCUT2D eigenvalue weighted by Gasteiger charge is -1.99. The van der Waals surface area contributed by atoms with Crippen LogP contribution in [0, 0.1) is 0 Å². The summed E-state index contributed by atoms with van der Waals surface area (Å²) in [4.78, 5) is 1.20. The molecule has 0 unspecified atom stereocenters. The largest absolute Gasteiger partial charge is 0.271 e. The van der Waals surface area contributed by atoms with Crippen molar-refractivity contribution in [2.75, 3.05) is 0 Å². The molecule has 0 saturated carbocycles. The minimum absolute atomic E-state index is 1.20. The van der Waals surface area contributed by atoms with Crippen LogP contribution in [0.3, 0.4) is 0 Å². The van der Waals surface area contributed by atoms with Crippen LogP contribution in [0.4, 0.5) is 0 Å². The van der Waals surface area contributed by atoms with E-state index in [-0.39, 0.29) is 0 Å². The average molecular weight is 223 g/mol. The quantitative estimate of drug-likeness (QED) is 0.527. The lowest BCUT2D eigenvalue weighted by atomic mass is 10.5. The Morgan fingerprint density at radius 1 is 1.55 bits per heavy atom. The molecule has 0 N–H and O–H groups in total. The van der Waals surface area contributed by atoms with Crippen molar-refractivity contribution in [3.63, 3.8) is 0 Å². The van der Waals surface area contributed by atoms with Crippen LogP contribution in [0.25, 0.3) is 6.08 Å². The van der Waals surface area contributed by atoms with Crippen molar-refractivity contribution in [3.05, 3.63) is 28.1 Å². The van der Waals surface area contributed by atoms with E-state index in [0.29, 0.717) is 0 Å². The third-order valence-electron chi connectivity index (χ3n) is 1.08. The molecule has 1 aromatic rings. The van der Waals surface area contributed by atoms with Gasteiger partial charge in [0.25, 0.3) is 6.69 Å². The van der Waals surface area contributed by atoms with E-state index in [1.54, 1.807) is 11.3 Å². The van der Waals surface area contributed by atoms with Gasteiger partial charge in [0.2, 0.25) is 0 Å². The van der Waals surface area contributed by atoms with Crippen molar-refractivity contribution in [3.8, 4) is 0 Å². The number of hydrogen-bond acceptors (Lipinski definition) is 1. The lowest BCUT2D eigenvalue weighted by molar-refractivity contribution is 1.96. The van der Waals surface area contributed by atoms with Crippen LogP contribution in [-0.4, -0.2) is 6.69 Å². The summed E-state index contributed by atoms with van der Waals surface area (Å²) < 4.78 is 0. The van der Waals surface area contributed by atoms with Crippen molar-refractivity contribution in [1.82, 2.24) is 0 Å². The molecule has 0 aliphatic rings. The van der Waals surface area contributed by atoms with Crippen LogP contribution in [0.5, 0.6) is 0 Å². The van der Waals surface area contributed by atoms with Gasteiger partial charge < -0.3 is 0 Å². The smallest absolute Gasteiger partial charge is 0.145 e. The topological polar surface area (TPSA) is 0 Å². The summed E-state index contributed by atoms with van der Waals surface area (Å²) in [6.45, 7) is -0.168. The number of thiophene rings is 1. The Hall–Kier alpha value is 0.237. The van der Waals surface area contributed by atoms with Crippen LogP contribution < -0.4 is 0 Å². The summed E-state index contributed by atoms with van der Waals surface area (Å²) >= 11 is 13.4. The highest BCUT2D eigenvalue weighted by Gasteiger charge is 2.15. The van der Waals surface area contributed by atoms with Crippen molar-refractivity contribution in [2.45, 2.75) is 6.55 Å². The molecule has 11 heavy (non-hydrogen) atoms. The maximum absolute atomic E-state index is 5.87. The molecule has 0 aromatic carbocycles. The first-order valence-electron chi connectivity index (χ1n) is 3.18. The molecule has 0 atom stereocenters. The molecule has 1 heterocycles. The zero-order valence-corrected chi connectivity index (χ0v) is 9.38. The summed E-state index contributed by atoms with van der Waals surface area (Å²) in [7, 11) is 0. The fraction of sp³-hybridized carbons (Fsp3) is 0.143. The maximum atomic E-state index is 5.87. The molecule has 60 valence electrons. The van der Waals surface area contributed by atoms with Gasteiger partial charge in [-0.25, -0.2) is 0 Å². The van der Waals surface area contributed by atoms with Gasteiger partial charge in [0.15, 0.2) is 0 Å². The van der Waals surface area contributed by atoms with Crippen LogP contribution in [0.2, 0.25) is 6.55 Å². The van der Waals surface area contributed by atoms with E-state index in [2.05, 4.69) is 0 Å². The Morgan fingerprint density at radius 3 is 2.73 bits per heavy atom. The Bertz CT molecular complexity index is 235. The summed E-state index contributed by atoms with van der Waals surface area (Å²) in [5.41, 5.74) is 1.90. The molecule has 0 aliphatic carbocycles. The summed E-state index contributed by atoms with van der Waals surface area (Å²) in [5, 5.41) is 2.03. The van der Waals surface area contributed by atoms with Gasteiger partial charge in [-0.15, -0.1) is 33.5 Å². The first-order valence-corrected chi connectivity index (χ1v) is 8.66. The fourth-order valence-corrected chi connectivity index (χ4v) is 2.20. The van der Waals surface area contributed by atoms with E-state index < -0.39 is 6.69 Å². The molecule has 0 spiro atoms. The third kappa shape index (κ3) is 3.96. The highest BCUT2D eigenvalue weighted by molar-refractivity contribution is 7.47. The minimum Gasteiger partial charge on any atom is -0.145 e. The van der Waals surface area contributed by atoms with Crippen LogP contribution in [0.1, 0.15) is 4.88 Å². The normalized spacial score (nSPS) is 12.6. The van der Waals surface area contributed by atoms with Gasteiger partial charge in [-0.1, -0.05) is 17.8 Å². The highest BCUT2D eigenvalue weighted by Crippen LogP contribution is 2.18. The van der Waals surface area contributed by atoms with Gasteiger partial charge >= 0.3 is 0 Å². The monoisotopic (exact) mass is 222 g/mol. The van der Waals surface area contributed by atoms with Crippen LogP contribution in [-0.2, 0) is 0 Å². The second kappa shape index (κ2) is 3.76. The van der Waals surface area contributed by atoms with E-state index in [9.17, 15) is 0 Å². The SMILES string of the molecule is C[Si](Cl)(Cl)/C=C/c1cccs1. The molecule has 0 aliphatic heterocycles. The maximum Gasteiger partial charge on any atom is 0.271 e. The van der Waals surface area contributed by atoms with E-state index in [0.717, 1.165) is 0 Å². The van der Waals surface area contributed by atoms with Gasteiger partial charge in [0.05, 0.1) is 0 Å². The van der Waals surface area contributed by atoms with Gasteiger partial charge in [0.1, 0.15) is 0 Å². The third-order valence-corrected chi connectivity index (χ3v) is 3.43. The molecule has 0 amide bonds. The second-order valence-corrected chi connectivity index (χ2v) is 10.8. The van der Waals surface area contributed by atoms with E-state index >= 15 is 0 Å². The Morgan fingerprint density at radius 2 is 2.27 bits per heavy atom. The second-order valence-electron chi connectivity index (χ2n) is 2.31. The molecule has 0 bridgehead atoms. The van der Waals surface area contributed by atoms with Crippen molar-refractivity contribution in [1.29, 1.82) is 0 Å².